The normalized spacial score (nSPS) is 20.9. The summed E-state index contributed by atoms with van der Waals surface area (Å²) in [4.78, 5) is 0. The molecule has 1 aliphatic carbocycles. The number of allylic oxidation sites excluding steroid dienone is 2. The highest BCUT2D eigenvalue weighted by molar-refractivity contribution is 5.21. The van der Waals surface area contributed by atoms with Crippen LogP contribution in [0.5, 0.6) is 0 Å². The molecule has 1 heteroatoms. The van der Waals surface area contributed by atoms with Gasteiger partial charge >= 0.3 is 0 Å². The van der Waals surface area contributed by atoms with E-state index in [2.05, 4.69) is 25.1 Å². The summed E-state index contributed by atoms with van der Waals surface area (Å²) in [7, 11) is 0. The first-order valence-electron chi connectivity index (χ1n) is 6.55. The summed E-state index contributed by atoms with van der Waals surface area (Å²) in [6.45, 7) is 4.28. The standard InChI is InChI=1S/C15H22O/c1-3-4-6-13-7-5-8-14(11-13)15-10-9-12(2)16-15/h9-11,14H,3-8H2,1-2H3. The van der Waals surface area contributed by atoms with Crippen molar-refractivity contribution >= 4 is 0 Å². The second-order valence-electron chi connectivity index (χ2n) is 4.88. The van der Waals surface area contributed by atoms with Gasteiger partial charge in [-0.15, -0.1) is 0 Å². The Bertz CT molecular complexity index is 359. The molecule has 2 rings (SSSR count). The molecule has 1 nitrogen and oxygen atoms in total. The minimum Gasteiger partial charge on any atom is -0.466 e. The Kier molecular flexibility index (Phi) is 3.87. The van der Waals surface area contributed by atoms with Crippen LogP contribution < -0.4 is 0 Å². The van der Waals surface area contributed by atoms with Crippen LogP contribution in [0.2, 0.25) is 0 Å². The molecule has 1 unspecified atom stereocenters. The molecule has 1 heterocycles. The molecule has 1 aromatic rings. The van der Waals surface area contributed by atoms with Gasteiger partial charge in [0, 0.05) is 5.92 Å². The van der Waals surface area contributed by atoms with Gasteiger partial charge in [0.25, 0.3) is 0 Å². The van der Waals surface area contributed by atoms with Crippen molar-refractivity contribution in [1.29, 1.82) is 0 Å². The average Bonchev–Trinajstić information content (AvgIpc) is 2.74. The third-order valence-corrected chi connectivity index (χ3v) is 3.43. The lowest BCUT2D eigenvalue weighted by Crippen LogP contribution is -2.02. The van der Waals surface area contributed by atoms with E-state index in [4.69, 9.17) is 4.42 Å². The van der Waals surface area contributed by atoms with E-state index < -0.39 is 0 Å². The van der Waals surface area contributed by atoms with Crippen molar-refractivity contribution in [3.63, 3.8) is 0 Å². The molecule has 0 aromatic carbocycles. The Morgan fingerprint density at radius 1 is 1.38 bits per heavy atom. The molecule has 0 saturated carbocycles. The number of unbranched alkanes of at least 4 members (excludes halogenated alkanes) is 1. The first-order valence-corrected chi connectivity index (χ1v) is 6.55. The monoisotopic (exact) mass is 218 g/mol. The van der Waals surface area contributed by atoms with Gasteiger partial charge in [0.15, 0.2) is 0 Å². The van der Waals surface area contributed by atoms with Crippen LogP contribution in [0.4, 0.5) is 0 Å². The minimum absolute atomic E-state index is 0.536. The van der Waals surface area contributed by atoms with E-state index in [1.165, 1.54) is 38.5 Å². The van der Waals surface area contributed by atoms with Crippen LogP contribution >= 0.6 is 0 Å². The zero-order valence-electron chi connectivity index (χ0n) is 10.5. The molecule has 0 spiro atoms. The topological polar surface area (TPSA) is 13.1 Å². The van der Waals surface area contributed by atoms with Gasteiger partial charge in [-0.2, -0.15) is 0 Å². The minimum atomic E-state index is 0.536. The molecule has 1 atom stereocenters. The van der Waals surface area contributed by atoms with E-state index in [-0.39, 0.29) is 0 Å². The Morgan fingerprint density at radius 3 is 2.94 bits per heavy atom. The summed E-state index contributed by atoms with van der Waals surface area (Å²) in [6, 6.07) is 4.21. The lowest BCUT2D eigenvalue weighted by Gasteiger charge is -2.19. The highest BCUT2D eigenvalue weighted by atomic mass is 16.3. The van der Waals surface area contributed by atoms with E-state index in [0.29, 0.717) is 5.92 Å². The van der Waals surface area contributed by atoms with E-state index in [9.17, 15) is 0 Å². The van der Waals surface area contributed by atoms with Gasteiger partial charge in [-0.1, -0.05) is 25.0 Å². The van der Waals surface area contributed by atoms with E-state index >= 15 is 0 Å². The molecule has 0 aliphatic heterocycles. The summed E-state index contributed by atoms with van der Waals surface area (Å²) in [5.74, 6) is 2.73. The molecule has 0 radical (unpaired) electrons. The molecule has 88 valence electrons. The van der Waals surface area contributed by atoms with Crippen molar-refractivity contribution in [2.75, 3.05) is 0 Å². The second kappa shape index (κ2) is 5.38. The van der Waals surface area contributed by atoms with Gasteiger partial charge in [-0.3, -0.25) is 0 Å². The fraction of sp³-hybridized carbons (Fsp3) is 0.600. The quantitative estimate of drug-likeness (QED) is 0.650. The largest absolute Gasteiger partial charge is 0.466 e. The maximum atomic E-state index is 5.73. The zero-order valence-corrected chi connectivity index (χ0v) is 10.5. The predicted octanol–water partition coefficient (Wildman–Crippen LogP) is 4.97. The van der Waals surface area contributed by atoms with Crippen LogP contribution in [-0.4, -0.2) is 0 Å². The fourth-order valence-electron chi connectivity index (χ4n) is 2.49. The highest BCUT2D eigenvalue weighted by Gasteiger charge is 2.17. The van der Waals surface area contributed by atoms with Gasteiger partial charge in [0.05, 0.1) is 0 Å². The number of aryl methyl sites for hydroxylation is 1. The van der Waals surface area contributed by atoms with Gasteiger partial charge in [-0.05, 0) is 51.2 Å². The average molecular weight is 218 g/mol. The van der Waals surface area contributed by atoms with Gasteiger partial charge in [-0.25, -0.2) is 0 Å². The molecule has 0 saturated heterocycles. The smallest absolute Gasteiger partial charge is 0.111 e. The zero-order chi connectivity index (χ0) is 11.4. The number of hydrogen-bond donors (Lipinski definition) is 0. The lowest BCUT2D eigenvalue weighted by molar-refractivity contribution is 0.444. The third-order valence-electron chi connectivity index (χ3n) is 3.43. The molecule has 0 amide bonds. The first-order chi connectivity index (χ1) is 7.79. The number of furan rings is 1. The van der Waals surface area contributed by atoms with Crippen molar-refractivity contribution in [2.45, 2.75) is 58.3 Å². The fourth-order valence-corrected chi connectivity index (χ4v) is 2.49. The SMILES string of the molecule is CCCCC1=CC(c2ccc(C)o2)CCC1. The molecule has 1 aliphatic rings. The Balaban J connectivity index is 2.05. The van der Waals surface area contributed by atoms with Crippen LogP contribution in [0.1, 0.15) is 62.9 Å². The molecule has 0 bridgehead atoms. The van der Waals surface area contributed by atoms with Crippen LogP contribution in [0.15, 0.2) is 28.2 Å². The van der Waals surface area contributed by atoms with Crippen LogP contribution in [-0.2, 0) is 0 Å². The van der Waals surface area contributed by atoms with Crippen LogP contribution in [0.25, 0.3) is 0 Å². The summed E-state index contributed by atoms with van der Waals surface area (Å²) in [6.07, 6.45) is 10.2. The van der Waals surface area contributed by atoms with Gasteiger partial charge in [0.2, 0.25) is 0 Å². The van der Waals surface area contributed by atoms with Crippen molar-refractivity contribution < 1.29 is 4.42 Å². The molecule has 1 aromatic heterocycles. The maximum absolute atomic E-state index is 5.73. The van der Waals surface area contributed by atoms with Crippen LogP contribution in [0.3, 0.4) is 0 Å². The number of rotatable bonds is 4. The van der Waals surface area contributed by atoms with E-state index in [0.717, 1.165) is 11.5 Å². The molecule has 16 heavy (non-hydrogen) atoms. The van der Waals surface area contributed by atoms with Crippen LogP contribution in [0, 0.1) is 6.92 Å². The Labute approximate surface area is 98.5 Å². The van der Waals surface area contributed by atoms with Crippen molar-refractivity contribution in [2.24, 2.45) is 0 Å². The first kappa shape index (κ1) is 11.5. The molecule has 0 N–H and O–H groups in total. The third kappa shape index (κ3) is 2.78. The molecule has 0 fully saturated rings. The summed E-state index contributed by atoms with van der Waals surface area (Å²) in [5, 5.41) is 0. The predicted molar refractivity (Wildman–Crippen MR) is 67.6 cm³/mol. The summed E-state index contributed by atoms with van der Waals surface area (Å²) < 4.78 is 5.73. The maximum Gasteiger partial charge on any atom is 0.111 e. The van der Waals surface area contributed by atoms with E-state index in [1.54, 1.807) is 5.57 Å². The van der Waals surface area contributed by atoms with Gasteiger partial charge < -0.3 is 4.42 Å². The lowest BCUT2D eigenvalue weighted by atomic mass is 9.87. The van der Waals surface area contributed by atoms with E-state index in [1.807, 2.05) is 6.92 Å². The second-order valence-corrected chi connectivity index (χ2v) is 4.88. The Morgan fingerprint density at radius 2 is 2.25 bits per heavy atom. The summed E-state index contributed by atoms with van der Waals surface area (Å²) >= 11 is 0. The summed E-state index contributed by atoms with van der Waals surface area (Å²) in [5.41, 5.74) is 1.65. The molecular formula is C15H22O. The molecular weight excluding hydrogens is 196 g/mol. The van der Waals surface area contributed by atoms with Crippen molar-refractivity contribution in [1.82, 2.24) is 0 Å². The highest BCUT2D eigenvalue weighted by Crippen LogP contribution is 2.33. The Hall–Kier alpha value is -0.980. The number of hydrogen-bond acceptors (Lipinski definition) is 1. The van der Waals surface area contributed by atoms with Crippen molar-refractivity contribution in [3.05, 3.63) is 35.3 Å². The van der Waals surface area contributed by atoms with Crippen molar-refractivity contribution in [3.8, 4) is 0 Å². The van der Waals surface area contributed by atoms with Gasteiger partial charge in [0.1, 0.15) is 11.5 Å².